The molecule has 0 spiro atoms. The second-order valence-corrected chi connectivity index (χ2v) is 8.91. The van der Waals surface area contributed by atoms with Crippen molar-refractivity contribution < 1.29 is 17.9 Å². The van der Waals surface area contributed by atoms with Crippen LogP contribution < -0.4 is 10.1 Å². The Labute approximate surface area is 167 Å². The van der Waals surface area contributed by atoms with E-state index >= 15 is 0 Å². The lowest BCUT2D eigenvalue weighted by atomic mass is 10.2. The van der Waals surface area contributed by atoms with E-state index in [0.29, 0.717) is 18.9 Å². The molecular weight excluding hydrogens is 378 g/mol. The van der Waals surface area contributed by atoms with Gasteiger partial charge in [-0.2, -0.15) is 0 Å². The van der Waals surface area contributed by atoms with Crippen LogP contribution in [-0.4, -0.2) is 64.4 Å². The maximum absolute atomic E-state index is 12.1. The van der Waals surface area contributed by atoms with Gasteiger partial charge in [0.25, 0.3) is 0 Å². The lowest BCUT2D eigenvalue weighted by Gasteiger charge is -2.17. The number of sulfonamides is 1. The smallest absolute Gasteiger partial charge is 0.242 e. The van der Waals surface area contributed by atoms with Gasteiger partial charge in [0.1, 0.15) is 12.4 Å². The fraction of sp³-hybridized carbons (Fsp3) is 0.350. The first-order valence-corrected chi connectivity index (χ1v) is 10.3. The van der Waals surface area contributed by atoms with Crippen LogP contribution in [0.3, 0.4) is 0 Å². The molecule has 0 radical (unpaired) electrons. The third kappa shape index (κ3) is 6.33. The molecular formula is C20H27N3O4S. The second-order valence-electron chi connectivity index (χ2n) is 6.76. The van der Waals surface area contributed by atoms with Crippen LogP contribution in [0.25, 0.3) is 0 Å². The van der Waals surface area contributed by atoms with Crippen LogP contribution in [0.4, 0.5) is 5.69 Å². The molecule has 152 valence electrons. The molecule has 28 heavy (non-hydrogen) atoms. The summed E-state index contributed by atoms with van der Waals surface area (Å²) in [7, 11) is 1.38. The van der Waals surface area contributed by atoms with Crippen molar-refractivity contribution in [3.8, 4) is 5.75 Å². The number of aryl methyl sites for hydroxylation is 1. The van der Waals surface area contributed by atoms with E-state index in [0.717, 1.165) is 11.3 Å². The van der Waals surface area contributed by atoms with Crippen LogP contribution >= 0.6 is 0 Å². The Morgan fingerprint density at radius 2 is 1.61 bits per heavy atom. The van der Waals surface area contributed by atoms with Crippen molar-refractivity contribution in [3.05, 3.63) is 54.1 Å². The Hall–Kier alpha value is -2.42. The first kappa shape index (κ1) is 21.9. The number of benzene rings is 2. The fourth-order valence-electron chi connectivity index (χ4n) is 2.40. The van der Waals surface area contributed by atoms with Crippen molar-refractivity contribution in [3.63, 3.8) is 0 Å². The minimum Gasteiger partial charge on any atom is -0.492 e. The van der Waals surface area contributed by atoms with E-state index in [1.807, 2.05) is 43.1 Å². The second kappa shape index (κ2) is 9.68. The fourth-order valence-corrected chi connectivity index (χ4v) is 3.30. The molecule has 8 heteroatoms. The zero-order chi connectivity index (χ0) is 20.7. The van der Waals surface area contributed by atoms with E-state index < -0.39 is 10.0 Å². The number of hydrogen-bond acceptors (Lipinski definition) is 5. The number of carbonyl (C=O) groups is 1. The van der Waals surface area contributed by atoms with Crippen LogP contribution in [0, 0.1) is 6.92 Å². The maximum atomic E-state index is 12.1. The van der Waals surface area contributed by atoms with Gasteiger partial charge in [0.15, 0.2) is 0 Å². The number of likely N-dealkylation sites (N-methyl/N-ethyl adjacent to an activating group) is 1. The van der Waals surface area contributed by atoms with E-state index in [9.17, 15) is 13.2 Å². The molecule has 0 saturated heterocycles. The van der Waals surface area contributed by atoms with Crippen LogP contribution in [0.1, 0.15) is 5.56 Å². The summed E-state index contributed by atoms with van der Waals surface area (Å²) in [5.74, 6) is 0.486. The van der Waals surface area contributed by atoms with Gasteiger partial charge in [-0.1, -0.05) is 17.7 Å². The molecule has 0 aliphatic heterocycles. The van der Waals surface area contributed by atoms with Gasteiger partial charge >= 0.3 is 0 Å². The zero-order valence-corrected chi connectivity index (χ0v) is 17.5. The average molecular weight is 406 g/mol. The van der Waals surface area contributed by atoms with Gasteiger partial charge < -0.3 is 10.1 Å². The maximum Gasteiger partial charge on any atom is 0.242 e. The summed E-state index contributed by atoms with van der Waals surface area (Å²) >= 11 is 0. The van der Waals surface area contributed by atoms with Gasteiger partial charge in [0, 0.05) is 26.3 Å². The number of amides is 1. The molecule has 0 aliphatic carbocycles. The highest BCUT2D eigenvalue weighted by Gasteiger charge is 2.16. The molecule has 1 N–H and O–H groups in total. The van der Waals surface area contributed by atoms with Crippen molar-refractivity contribution in [2.45, 2.75) is 11.8 Å². The van der Waals surface area contributed by atoms with Crippen LogP contribution in [-0.2, 0) is 14.8 Å². The third-order valence-electron chi connectivity index (χ3n) is 4.09. The Balaban J connectivity index is 1.76. The van der Waals surface area contributed by atoms with E-state index in [4.69, 9.17) is 4.74 Å². The van der Waals surface area contributed by atoms with Gasteiger partial charge in [-0.05, 0) is 50.4 Å². The van der Waals surface area contributed by atoms with Gasteiger partial charge in [0.05, 0.1) is 11.4 Å². The number of anilines is 1. The number of rotatable bonds is 9. The van der Waals surface area contributed by atoms with Gasteiger partial charge in [0.2, 0.25) is 15.9 Å². The van der Waals surface area contributed by atoms with E-state index in [1.165, 1.54) is 30.5 Å². The molecule has 0 bridgehead atoms. The Kier molecular flexibility index (Phi) is 7.56. The van der Waals surface area contributed by atoms with Crippen LogP contribution in [0.2, 0.25) is 0 Å². The van der Waals surface area contributed by atoms with Crippen molar-refractivity contribution in [2.75, 3.05) is 46.2 Å². The molecule has 0 aromatic heterocycles. The predicted molar refractivity (Wildman–Crippen MR) is 110 cm³/mol. The lowest BCUT2D eigenvalue weighted by molar-refractivity contribution is -0.117. The zero-order valence-electron chi connectivity index (χ0n) is 16.7. The van der Waals surface area contributed by atoms with Gasteiger partial charge in [-0.3, -0.25) is 9.69 Å². The molecule has 0 atom stereocenters. The van der Waals surface area contributed by atoms with Crippen molar-refractivity contribution in [1.82, 2.24) is 9.21 Å². The van der Waals surface area contributed by atoms with Crippen LogP contribution in [0.5, 0.6) is 5.75 Å². The largest absolute Gasteiger partial charge is 0.492 e. The number of hydrogen-bond donors (Lipinski definition) is 1. The van der Waals surface area contributed by atoms with E-state index in [2.05, 4.69) is 5.32 Å². The summed E-state index contributed by atoms with van der Waals surface area (Å²) in [4.78, 5) is 14.1. The summed E-state index contributed by atoms with van der Waals surface area (Å²) in [6.07, 6.45) is 0. The van der Waals surface area contributed by atoms with Crippen molar-refractivity contribution >= 4 is 21.6 Å². The molecule has 1 amide bonds. The van der Waals surface area contributed by atoms with Gasteiger partial charge in [-0.25, -0.2) is 12.7 Å². The quantitative estimate of drug-likeness (QED) is 0.692. The monoisotopic (exact) mass is 405 g/mol. The number of nitrogens with zero attached hydrogens (tertiary/aromatic N) is 2. The average Bonchev–Trinajstić information content (AvgIpc) is 2.64. The van der Waals surface area contributed by atoms with Crippen molar-refractivity contribution in [1.29, 1.82) is 0 Å². The number of carbonyl (C=O) groups excluding carboxylic acids is 1. The SMILES string of the molecule is Cc1ccc(NC(=O)CN(C)CCOc2ccc(S(=O)(=O)N(C)C)cc2)cc1. The minimum absolute atomic E-state index is 0.0930. The first-order chi connectivity index (χ1) is 13.2. The first-order valence-electron chi connectivity index (χ1n) is 8.89. The highest BCUT2D eigenvalue weighted by Crippen LogP contribution is 2.18. The minimum atomic E-state index is -3.44. The molecule has 7 nitrogen and oxygen atoms in total. The molecule has 2 aromatic rings. The summed E-state index contributed by atoms with van der Waals surface area (Å²) < 4.78 is 30.9. The normalized spacial score (nSPS) is 11.6. The molecule has 0 saturated carbocycles. The summed E-state index contributed by atoms with van der Waals surface area (Å²) in [5, 5.41) is 2.86. The Morgan fingerprint density at radius 1 is 1.00 bits per heavy atom. The number of ether oxygens (including phenoxy) is 1. The summed E-state index contributed by atoms with van der Waals surface area (Å²) in [6.45, 7) is 3.18. The van der Waals surface area contributed by atoms with E-state index in [1.54, 1.807) is 12.1 Å². The molecule has 0 fully saturated rings. The molecule has 0 unspecified atom stereocenters. The van der Waals surface area contributed by atoms with Crippen molar-refractivity contribution in [2.24, 2.45) is 0 Å². The molecule has 0 aliphatic rings. The van der Waals surface area contributed by atoms with Gasteiger partial charge in [-0.15, -0.1) is 0 Å². The highest BCUT2D eigenvalue weighted by atomic mass is 32.2. The molecule has 2 rings (SSSR count). The summed E-state index contributed by atoms with van der Waals surface area (Å²) in [5.41, 5.74) is 1.91. The predicted octanol–water partition coefficient (Wildman–Crippen LogP) is 2.19. The molecule has 0 heterocycles. The lowest BCUT2D eigenvalue weighted by Crippen LogP contribution is -2.33. The van der Waals surface area contributed by atoms with E-state index in [-0.39, 0.29) is 17.3 Å². The highest BCUT2D eigenvalue weighted by molar-refractivity contribution is 7.89. The summed E-state index contributed by atoms with van der Waals surface area (Å²) in [6, 6.07) is 13.9. The standard InChI is InChI=1S/C20H27N3O4S/c1-16-5-7-17(8-6-16)21-20(24)15-23(4)13-14-27-18-9-11-19(12-10-18)28(25,26)22(2)3/h5-12H,13-15H2,1-4H3,(H,21,24). The third-order valence-corrected chi connectivity index (χ3v) is 5.92. The van der Waals surface area contributed by atoms with Crippen LogP contribution in [0.15, 0.2) is 53.4 Å². The Bertz CT molecular complexity index is 879. The molecule has 2 aromatic carbocycles. The number of nitrogens with one attached hydrogen (secondary N) is 1. The Morgan fingerprint density at radius 3 is 2.18 bits per heavy atom. The topological polar surface area (TPSA) is 79.0 Å².